The van der Waals surface area contributed by atoms with Crippen LogP contribution in [0.15, 0.2) is 6.07 Å². The molecule has 2 rings (SSSR count). The summed E-state index contributed by atoms with van der Waals surface area (Å²) in [5.74, 6) is 1.81. The van der Waals surface area contributed by atoms with Gasteiger partial charge >= 0.3 is 0 Å². The Balaban J connectivity index is 2.25. The molecule has 0 radical (unpaired) electrons. The molecule has 0 bridgehead atoms. The van der Waals surface area contributed by atoms with Crippen molar-refractivity contribution in [1.82, 2.24) is 9.97 Å². The van der Waals surface area contributed by atoms with Gasteiger partial charge in [-0.3, -0.25) is 0 Å². The van der Waals surface area contributed by atoms with Gasteiger partial charge in [0.25, 0.3) is 0 Å². The lowest BCUT2D eigenvalue weighted by molar-refractivity contribution is 0.725. The minimum Gasteiger partial charge on any atom is -0.354 e. The molecule has 0 amide bonds. The van der Waals surface area contributed by atoms with Gasteiger partial charge in [0, 0.05) is 30.9 Å². The lowest BCUT2D eigenvalue weighted by atomic mass is 10.2. The van der Waals surface area contributed by atoms with Crippen molar-refractivity contribution < 1.29 is 0 Å². The smallest absolute Gasteiger partial charge is 0.224 e. The van der Waals surface area contributed by atoms with Gasteiger partial charge in [-0.05, 0) is 33.6 Å². The van der Waals surface area contributed by atoms with Crippen molar-refractivity contribution in [1.29, 1.82) is 0 Å². The highest BCUT2D eigenvalue weighted by Gasteiger charge is 2.22. The van der Waals surface area contributed by atoms with Gasteiger partial charge in [0.2, 0.25) is 5.95 Å². The van der Waals surface area contributed by atoms with E-state index in [9.17, 15) is 0 Å². The van der Waals surface area contributed by atoms with Gasteiger partial charge in [0.05, 0.1) is 0 Å². The third kappa shape index (κ3) is 2.26. The lowest BCUT2D eigenvalue weighted by Crippen LogP contribution is -2.27. The van der Waals surface area contributed by atoms with Crippen LogP contribution in [0.4, 0.5) is 11.8 Å². The van der Waals surface area contributed by atoms with Crippen LogP contribution in [0.1, 0.15) is 32.4 Å². The maximum Gasteiger partial charge on any atom is 0.224 e. The molecule has 0 spiro atoms. The molecule has 0 aliphatic carbocycles. The van der Waals surface area contributed by atoms with Crippen LogP contribution in [0.3, 0.4) is 0 Å². The molecule has 1 atom stereocenters. The largest absolute Gasteiger partial charge is 0.354 e. The number of aromatic nitrogens is 2. The Morgan fingerprint density at radius 3 is 2.94 bits per heavy atom. The SMILES string of the molecule is CCNc1nc(C)cc(N2CCCC2C)n1. The monoisotopic (exact) mass is 220 g/mol. The number of rotatable bonds is 3. The molecular formula is C12H20N4. The molecule has 1 aromatic heterocycles. The molecule has 1 unspecified atom stereocenters. The van der Waals surface area contributed by atoms with Gasteiger partial charge in [-0.1, -0.05) is 0 Å². The zero-order chi connectivity index (χ0) is 11.5. The van der Waals surface area contributed by atoms with Crippen molar-refractivity contribution in [3.05, 3.63) is 11.8 Å². The Bertz CT molecular complexity index is 364. The highest BCUT2D eigenvalue weighted by Crippen LogP contribution is 2.24. The van der Waals surface area contributed by atoms with Gasteiger partial charge in [0.15, 0.2) is 0 Å². The molecule has 1 saturated heterocycles. The first kappa shape index (κ1) is 11.2. The summed E-state index contributed by atoms with van der Waals surface area (Å²) in [6.07, 6.45) is 2.53. The number of anilines is 2. The summed E-state index contributed by atoms with van der Waals surface area (Å²) in [7, 11) is 0. The average Bonchev–Trinajstić information content (AvgIpc) is 2.64. The molecule has 4 nitrogen and oxygen atoms in total. The second kappa shape index (κ2) is 4.68. The predicted molar refractivity (Wildman–Crippen MR) is 67.0 cm³/mol. The molecule has 2 heterocycles. The Hall–Kier alpha value is -1.32. The molecule has 1 aromatic rings. The first-order chi connectivity index (χ1) is 7.70. The Labute approximate surface area is 97.1 Å². The second-order valence-electron chi connectivity index (χ2n) is 4.41. The Morgan fingerprint density at radius 1 is 1.50 bits per heavy atom. The van der Waals surface area contributed by atoms with E-state index in [1.807, 2.05) is 6.92 Å². The lowest BCUT2D eigenvalue weighted by Gasteiger charge is -2.23. The summed E-state index contributed by atoms with van der Waals surface area (Å²) < 4.78 is 0. The van der Waals surface area contributed by atoms with Crippen molar-refractivity contribution in [2.75, 3.05) is 23.3 Å². The normalized spacial score (nSPS) is 20.2. The van der Waals surface area contributed by atoms with Crippen molar-refractivity contribution in [3.8, 4) is 0 Å². The number of aryl methyl sites for hydroxylation is 1. The molecule has 1 aliphatic heterocycles. The van der Waals surface area contributed by atoms with Crippen LogP contribution in [0.2, 0.25) is 0 Å². The zero-order valence-electron chi connectivity index (χ0n) is 10.3. The molecule has 1 aliphatic rings. The van der Waals surface area contributed by atoms with Gasteiger partial charge in [0.1, 0.15) is 5.82 Å². The highest BCUT2D eigenvalue weighted by molar-refractivity contribution is 5.46. The first-order valence-electron chi connectivity index (χ1n) is 6.07. The van der Waals surface area contributed by atoms with Crippen LogP contribution in [0, 0.1) is 6.92 Å². The summed E-state index contributed by atoms with van der Waals surface area (Å²) in [4.78, 5) is 11.3. The maximum absolute atomic E-state index is 4.56. The van der Waals surface area contributed by atoms with E-state index < -0.39 is 0 Å². The van der Waals surface area contributed by atoms with Gasteiger partial charge in [-0.15, -0.1) is 0 Å². The topological polar surface area (TPSA) is 41.1 Å². The summed E-state index contributed by atoms with van der Waals surface area (Å²) in [5.41, 5.74) is 1.03. The van der Waals surface area contributed by atoms with E-state index in [0.29, 0.717) is 6.04 Å². The van der Waals surface area contributed by atoms with Crippen molar-refractivity contribution in [3.63, 3.8) is 0 Å². The highest BCUT2D eigenvalue weighted by atomic mass is 15.3. The Morgan fingerprint density at radius 2 is 2.31 bits per heavy atom. The summed E-state index contributed by atoms with van der Waals surface area (Å²) in [6, 6.07) is 2.67. The summed E-state index contributed by atoms with van der Waals surface area (Å²) >= 11 is 0. The fourth-order valence-corrected chi connectivity index (χ4v) is 2.21. The molecule has 0 saturated carbocycles. The van der Waals surface area contributed by atoms with E-state index in [0.717, 1.165) is 30.5 Å². The third-order valence-corrected chi connectivity index (χ3v) is 3.02. The minimum absolute atomic E-state index is 0.601. The number of nitrogens with zero attached hydrogens (tertiary/aromatic N) is 3. The summed E-state index contributed by atoms with van der Waals surface area (Å²) in [5, 5.41) is 3.18. The number of hydrogen-bond acceptors (Lipinski definition) is 4. The molecule has 88 valence electrons. The van der Waals surface area contributed by atoms with Crippen LogP contribution in [-0.2, 0) is 0 Å². The van der Waals surface area contributed by atoms with Crippen LogP contribution in [0.5, 0.6) is 0 Å². The maximum atomic E-state index is 4.56. The fraction of sp³-hybridized carbons (Fsp3) is 0.667. The van der Waals surface area contributed by atoms with Gasteiger partial charge in [-0.2, -0.15) is 4.98 Å². The van der Waals surface area contributed by atoms with E-state index in [-0.39, 0.29) is 0 Å². The fourth-order valence-electron chi connectivity index (χ4n) is 2.21. The van der Waals surface area contributed by atoms with E-state index in [4.69, 9.17) is 0 Å². The molecule has 4 heteroatoms. The average molecular weight is 220 g/mol. The summed E-state index contributed by atoms with van der Waals surface area (Å²) in [6.45, 7) is 8.32. The molecule has 1 N–H and O–H groups in total. The molecular weight excluding hydrogens is 200 g/mol. The molecule has 0 aromatic carbocycles. The van der Waals surface area contributed by atoms with E-state index in [2.05, 4.69) is 40.1 Å². The standard InChI is InChI=1S/C12H20N4/c1-4-13-12-14-9(2)8-11(15-12)16-7-5-6-10(16)3/h8,10H,4-7H2,1-3H3,(H,13,14,15). The van der Waals surface area contributed by atoms with Gasteiger partial charge in [-0.25, -0.2) is 4.98 Å². The van der Waals surface area contributed by atoms with E-state index >= 15 is 0 Å². The van der Waals surface area contributed by atoms with Gasteiger partial charge < -0.3 is 10.2 Å². The molecule has 1 fully saturated rings. The number of hydrogen-bond donors (Lipinski definition) is 1. The predicted octanol–water partition coefficient (Wildman–Crippen LogP) is 2.21. The van der Waals surface area contributed by atoms with Crippen molar-refractivity contribution in [2.24, 2.45) is 0 Å². The van der Waals surface area contributed by atoms with Crippen LogP contribution in [-0.4, -0.2) is 29.1 Å². The minimum atomic E-state index is 0.601. The van der Waals surface area contributed by atoms with Crippen molar-refractivity contribution in [2.45, 2.75) is 39.7 Å². The third-order valence-electron chi connectivity index (χ3n) is 3.02. The number of nitrogens with one attached hydrogen (secondary N) is 1. The zero-order valence-corrected chi connectivity index (χ0v) is 10.3. The van der Waals surface area contributed by atoms with E-state index in [1.165, 1.54) is 12.8 Å². The first-order valence-corrected chi connectivity index (χ1v) is 6.07. The molecule has 16 heavy (non-hydrogen) atoms. The van der Waals surface area contributed by atoms with Crippen molar-refractivity contribution >= 4 is 11.8 Å². The van der Waals surface area contributed by atoms with Crippen LogP contribution < -0.4 is 10.2 Å². The van der Waals surface area contributed by atoms with Crippen LogP contribution >= 0.6 is 0 Å². The quantitative estimate of drug-likeness (QED) is 0.848. The Kier molecular flexibility index (Phi) is 3.27. The van der Waals surface area contributed by atoms with Crippen LogP contribution in [0.25, 0.3) is 0 Å². The van der Waals surface area contributed by atoms with E-state index in [1.54, 1.807) is 0 Å². The second-order valence-corrected chi connectivity index (χ2v) is 4.41.